The maximum atomic E-state index is 12.6. The van der Waals surface area contributed by atoms with Crippen LogP contribution in [0.2, 0.25) is 0 Å². The molecule has 1 saturated heterocycles. The van der Waals surface area contributed by atoms with E-state index in [1.54, 1.807) is 7.11 Å². The van der Waals surface area contributed by atoms with Gasteiger partial charge in [-0.25, -0.2) is 0 Å². The topological polar surface area (TPSA) is 50.4 Å². The van der Waals surface area contributed by atoms with E-state index < -0.39 is 0 Å². The Morgan fingerprint density at radius 2 is 2.09 bits per heavy atom. The Hall–Kier alpha value is -1.55. The highest BCUT2D eigenvalue weighted by molar-refractivity contribution is 5.82. The molecule has 3 rings (SSSR count). The molecule has 0 bridgehead atoms. The summed E-state index contributed by atoms with van der Waals surface area (Å²) in [4.78, 5) is 12.6. The molecule has 0 aromatic heterocycles. The number of rotatable bonds is 4. The largest absolute Gasteiger partial charge is 0.496 e. The number of amides is 1. The van der Waals surface area contributed by atoms with E-state index in [1.165, 1.54) is 25.7 Å². The SMILES string of the molecule is COc1ccccc1C(C)NC(=O)C1CC2CCCCC2N1. The molecule has 2 aliphatic rings. The third-order valence-corrected chi connectivity index (χ3v) is 5.14. The van der Waals surface area contributed by atoms with Gasteiger partial charge in [-0.15, -0.1) is 0 Å². The summed E-state index contributed by atoms with van der Waals surface area (Å²) in [5.41, 5.74) is 1.02. The van der Waals surface area contributed by atoms with Gasteiger partial charge in [0.15, 0.2) is 0 Å². The number of nitrogens with one attached hydrogen (secondary N) is 2. The van der Waals surface area contributed by atoms with Crippen LogP contribution in [0.4, 0.5) is 0 Å². The van der Waals surface area contributed by atoms with Gasteiger partial charge in [0.2, 0.25) is 5.91 Å². The zero-order valence-electron chi connectivity index (χ0n) is 13.5. The molecule has 2 fully saturated rings. The zero-order valence-corrected chi connectivity index (χ0v) is 13.5. The second-order valence-corrected chi connectivity index (χ2v) is 6.58. The number of hydrogen-bond donors (Lipinski definition) is 2. The van der Waals surface area contributed by atoms with Gasteiger partial charge in [0.1, 0.15) is 5.75 Å². The Bertz CT molecular complexity index is 518. The molecular formula is C18H26N2O2. The number of carbonyl (C=O) groups is 1. The van der Waals surface area contributed by atoms with Crippen LogP contribution in [0.15, 0.2) is 24.3 Å². The first-order valence-electron chi connectivity index (χ1n) is 8.38. The Morgan fingerprint density at radius 3 is 2.86 bits per heavy atom. The van der Waals surface area contributed by atoms with Gasteiger partial charge >= 0.3 is 0 Å². The molecule has 120 valence electrons. The normalized spacial score (nSPS) is 28.7. The van der Waals surface area contributed by atoms with Gasteiger partial charge < -0.3 is 15.4 Å². The first-order valence-corrected chi connectivity index (χ1v) is 8.38. The fourth-order valence-corrected chi connectivity index (χ4v) is 3.94. The molecule has 1 aliphatic carbocycles. The van der Waals surface area contributed by atoms with Crippen molar-refractivity contribution >= 4 is 5.91 Å². The van der Waals surface area contributed by atoms with Crippen LogP contribution in [-0.2, 0) is 4.79 Å². The van der Waals surface area contributed by atoms with Crippen LogP contribution < -0.4 is 15.4 Å². The Balaban J connectivity index is 1.62. The number of hydrogen-bond acceptors (Lipinski definition) is 3. The van der Waals surface area contributed by atoms with E-state index in [9.17, 15) is 4.79 Å². The van der Waals surface area contributed by atoms with Crippen LogP contribution >= 0.6 is 0 Å². The lowest BCUT2D eigenvalue weighted by Gasteiger charge is -2.24. The molecular weight excluding hydrogens is 276 g/mol. The van der Waals surface area contributed by atoms with Crippen LogP contribution in [0.1, 0.15) is 50.6 Å². The monoisotopic (exact) mass is 302 g/mol. The van der Waals surface area contributed by atoms with Gasteiger partial charge in [-0.05, 0) is 38.2 Å². The molecule has 1 aromatic carbocycles. The van der Waals surface area contributed by atoms with Crippen LogP contribution in [0.5, 0.6) is 5.75 Å². The van der Waals surface area contributed by atoms with Crippen molar-refractivity contribution in [2.45, 2.75) is 57.2 Å². The molecule has 2 N–H and O–H groups in total. The minimum Gasteiger partial charge on any atom is -0.496 e. The molecule has 1 aliphatic heterocycles. The van der Waals surface area contributed by atoms with Crippen molar-refractivity contribution in [3.63, 3.8) is 0 Å². The first-order chi connectivity index (χ1) is 10.7. The molecule has 1 amide bonds. The fraction of sp³-hybridized carbons (Fsp3) is 0.611. The van der Waals surface area contributed by atoms with Crippen LogP contribution in [0.25, 0.3) is 0 Å². The average Bonchev–Trinajstić information content (AvgIpc) is 2.99. The Labute approximate surface area is 132 Å². The maximum Gasteiger partial charge on any atom is 0.237 e. The first kappa shape index (κ1) is 15.3. The lowest BCUT2D eigenvalue weighted by atomic mass is 9.85. The molecule has 1 saturated carbocycles. The highest BCUT2D eigenvalue weighted by Gasteiger charge is 2.38. The van der Waals surface area contributed by atoms with Gasteiger partial charge in [-0.2, -0.15) is 0 Å². The van der Waals surface area contributed by atoms with Crippen molar-refractivity contribution < 1.29 is 9.53 Å². The lowest BCUT2D eigenvalue weighted by Crippen LogP contribution is -2.43. The summed E-state index contributed by atoms with van der Waals surface area (Å²) < 4.78 is 5.38. The number of para-hydroxylation sites is 1. The van der Waals surface area contributed by atoms with Crippen molar-refractivity contribution in [3.8, 4) is 5.75 Å². The minimum atomic E-state index is -0.0481. The quantitative estimate of drug-likeness (QED) is 0.899. The van der Waals surface area contributed by atoms with Crippen LogP contribution in [0, 0.1) is 5.92 Å². The second-order valence-electron chi connectivity index (χ2n) is 6.58. The smallest absolute Gasteiger partial charge is 0.237 e. The summed E-state index contributed by atoms with van der Waals surface area (Å²) in [6.07, 6.45) is 6.07. The standard InChI is InChI=1S/C18H26N2O2/c1-12(14-8-4-6-10-17(14)22-2)19-18(21)16-11-13-7-3-5-9-15(13)20-16/h4,6,8,10,12-13,15-16,20H,3,5,7,9,11H2,1-2H3,(H,19,21). The number of ether oxygens (including phenoxy) is 1. The van der Waals surface area contributed by atoms with Crippen molar-refractivity contribution in [1.29, 1.82) is 0 Å². The number of carbonyl (C=O) groups excluding carboxylic acids is 1. The molecule has 4 atom stereocenters. The fourth-order valence-electron chi connectivity index (χ4n) is 3.94. The summed E-state index contributed by atoms with van der Waals surface area (Å²) in [5.74, 6) is 1.63. The minimum absolute atomic E-state index is 0.0368. The predicted octanol–water partition coefficient (Wildman–Crippen LogP) is 2.79. The van der Waals surface area contributed by atoms with Crippen LogP contribution in [-0.4, -0.2) is 25.1 Å². The third-order valence-electron chi connectivity index (χ3n) is 5.14. The molecule has 4 unspecified atom stereocenters. The average molecular weight is 302 g/mol. The molecule has 0 spiro atoms. The molecule has 1 aromatic rings. The van der Waals surface area contributed by atoms with E-state index in [1.807, 2.05) is 31.2 Å². The van der Waals surface area contributed by atoms with Crippen molar-refractivity contribution in [2.75, 3.05) is 7.11 Å². The van der Waals surface area contributed by atoms with Crippen molar-refractivity contribution in [3.05, 3.63) is 29.8 Å². The van der Waals surface area contributed by atoms with Gasteiger partial charge in [0.05, 0.1) is 19.2 Å². The molecule has 1 heterocycles. The van der Waals surface area contributed by atoms with E-state index in [-0.39, 0.29) is 18.0 Å². The van der Waals surface area contributed by atoms with E-state index in [0.29, 0.717) is 12.0 Å². The zero-order chi connectivity index (χ0) is 15.5. The predicted molar refractivity (Wildman–Crippen MR) is 86.8 cm³/mol. The van der Waals surface area contributed by atoms with E-state index in [4.69, 9.17) is 4.74 Å². The lowest BCUT2D eigenvalue weighted by molar-refractivity contribution is -0.123. The number of fused-ring (bicyclic) bond motifs is 1. The molecule has 4 heteroatoms. The van der Waals surface area contributed by atoms with E-state index in [2.05, 4.69) is 10.6 Å². The second kappa shape index (κ2) is 6.69. The van der Waals surface area contributed by atoms with Gasteiger partial charge in [0, 0.05) is 11.6 Å². The summed E-state index contributed by atoms with van der Waals surface area (Å²) >= 11 is 0. The summed E-state index contributed by atoms with van der Waals surface area (Å²) in [7, 11) is 1.66. The maximum absolute atomic E-state index is 12.6. The molecule has 4 nitrogen and oxygen atoms in total. The van der Waals surface area contributed by atoms with Gasteiger partial charge in [-0.1, -0.05) is 31.0 Å². The Kier molecular flexibility index (Phi) is 4.67. The van der Waals surface area contributed by atoms with Crippen molar-refractivity contribution in [1.82, 2.24) is 10.6 Å². The molecule has 0 radical (unpaired) electrons. The van der Waals surface area contributed by atoms with Gasteiger partial charge in [-0.3, -0.25) is 4.79 Å². The van der Waals surface area contributed by atoms with Crippen LogP contribution in [0.3, 0.4) is 0 Å². The number of methoxy groups -OCH3 is 1. The van der Waals surface area contributed by atoms with Gasteiger partial charge in [0.25, 0.3) is 0 Å². The summed E-state index contributed by atoms with van der Waals surface area (Å²) in [6, 6.07) is 8.32. The summed E-state index contributed by atoms with van der Waals surface area (Å²) in [6.45, 7) is 2.01. The molecule has 22 heavy (non-hydrogen) atoms. The highest BCUT2D eigenvalue weighted by atomic mass is 16.5. The third kappa shape index (κ3) is 3.12. The summed E-state index contributed by atoms with van der Waals surface area (Å²) in [5, 5.41) is 6.68. The van der Waals surface area contributed by atoms with Crippen molar-refractivity contribution in [2.24, 2.45) is 5.92 Å². The highest BCUT2D eigenvalue weighted by Crippen LogP contribution is 2.33. The number of benzene rings is 1. The van der Waals surface area contributed by atoms with E-state index >= 15 is 0 Å². The Morgan fingerprint density at radius 1 is 1.32 bits per heavy atom. The van der Waals surface area contributed by atoms with E-state index in [0.717, 1.165) is 17.7 Å².